The van der Waals surface area contributed by atoms with Gasteiger partial charge in [0.1, 0.15) is 0 Å². The molecule has 0 radical (unpaired) electrons. The van der Waals surface area contributed by atoms with Crippen LogP contribution in [0.15, 0.2) is 30.6 Å². The number of piperidine rings is 1. The summed E-state index contributed by atoms with van der Waals surface area (Å²) in [4.78, 5) is 19.5. The quantitative estimate of drug-likeness (QED) is 0.620. The number of hydrogen-bond donors (Lipinski definition) is 2. The van der Waals surface area contributed by atoms with Crippen LogP contribution in [0.3, 0.4) is 0 Å². The van der Waals surface area contributed by atoms with Crippen LogP contribution in [0.5, 0.6) is 0 Å². The predicted octanol–water partition coefficient (Wildman–Crippen LogP) is 4.44. The van der Waals surface area contributed by atoms with E-state index in [0.29, 0.717) is 47.4 Å². The molecule has 1 aromatic heterocycles. The Morgan fingerprint density at radius 3 is 2.70 bits per heavy atom. The van der Waals surface area contributed by atoms with Crippen LogP contribution < -0.4 is 10.6 Å². The summed E-state index contributed by atoms with van der Waals surface area (Å²) in [6, 6.07) is 6.00. The number of carbonyl (C=O) groups is 1. The van der Waals surface area contributed by atoms with Gasteiger partial charge in [-0.3, -0.25) is 9.78 Å². The number of methoxy groups -OCH3 is 1. The maximum atomic E-state index is 13.3. The minimum Gasteiger partial charge on any atom is -0.379 e. The molecule has 2 N–H and O–H groups in total. The number of ether oxygens (including phenoxy) is 2. The van der Waals surface area contributed by atoms with Gasteiger partial charge in [0, 0.05) is 50.8 Å². The largest absolute Gasteiger partial charge is 0.379 e. The average Bonchev–Trinajstić information content (AvgIpc) is 2.83. The maximum Gasteiger partial charge on any atom is 0.255 e. The van der Waals surface area contributed by atoms with E-state index in [1.807, 2.05) is 17.9 Å². The van der Waals surface area contributed by atoms with E-state index in [2.05, 4.69) is 15.6 Å². The van der Waals surface area contributed by atoms with E-state index >= 15 is 0 Å². The molecule has 9 heteroatoms. The Morgan fingerprint density at radius 1 is 1.18 bits per heavy atom. The van der Waals surface area contributed by atoms with Gasteiger partial charge in [-0.15, -0.1) is 0 Å². The van der Waals surface area contributed by atoms with Gasteiger partial charge in [-0.2, -0.15) is 0 Å². The van der Waals surface area contributed by atoms with Gasteiger partial charge in [0.2, 0.25) is 0 Å². The highest BCUT2D eigenvalue weighted by molar-refractivity contribution is 6.42. The number of aromatic nitrogens is 1. The van der Waals surface area contributed by atoms with Crippen molar-refractivity contribution in [3.8, 4) is 0 Å². The highest BCUT2D eigenvalue weighted by Crippen LogP contribution is 2.29. The monoisotopic (exact) mass is 492 g/mol. The molecule has 0 saturated carbocycles. The molecule has 178 valence electrons. The van der Waals surface area contributed by atoms with Gasteiger partial charge in [0.25, 0.3) is 5.91 Å². The molecule has 0 aliphatic carbocycles. The number of likely N-dealkylation sites (tertiary alicyclic amines) is 1. The van der Waals surface area contributed by atoms with E-state index in [1.165, 1.54) is 0 Å². The first-order valence-corrected chi connectivity index (χ1v) is 12.0. The molecule has 0 spiro atoms. The van der Waals surface area contributed by atoms with Crippen molar-refractivity contribution in [2.75, 3.05) is 38.7 Å². The molecule has 1 aromatic carbocycles. The van der Waals surface area contributed by atoms with Crippen LogP contribution in [0.4, 0.5) is 11.4 Å². The van der Waals surface area contributed by atoms with Crippen LogP contribution >= 0.6 is 23.2 Å². The van der Waals surface area contributed by atoms with Crippen LogP contribution in [-0.2, 0) is 9.47 Å². The Balaban J connectivity index is 1.37. The first-order chi connectivity index (χ1) is 16.0. The number of anilines is 2. The lowest BCUT2D eigenvalue weighted by Gasteiger charge is -2.38. The van der Waals surface area contributed by atoms with Crippen LogP contribution in [0.25, 0.3) is 0 Å². The van der Waals surface area contributed by atoms with Crippen molar-refractivity contribution >= 4 is 40.5 Å². The molecule has 2 fully saturated rings. The second kappa shape index (κ2) is 11.0. The third-order valence-corrected chi connectivity index (χ3v) is 7.22. The van der Waals surface area contributed by atoms with Crippen LogP contribution in [0, 0.1) is 6.92 Å². The molecule has 7 nitrogen and oxygen atoms in total. The first-order valence-electron chi connectivity index (χ1n) is 11.3. The number of pyridine rings is 1. The molecule has 0 unspecified atom stereocenters. The summed E-state index contributed by atoms with van der Waals surface area (Å²) in [5.74, 6) is 0.0112. The summed E-state index contributed by atoms with van der Waals surface area (Å²) in [6.07, 6.45) is 6.21. The van der Waals surface area contributed by atoms with Crippen LogP contribution in [0.1, 0.15) is 35.2 Å². The van der Waals surface area contributed by atoms with Crippen molar-refractivity contribution in [2.24, 2.45) is 0 Å². The fraction of sp³-hybridized carbons (Fsp3) is 0.500. The summed E-state index contributed by atoms with van der Waals surface area (Å²) in [5.41, 5.74) is 3.01. The first kappa shape index (κ1) is 24.2. The van der Waals surface area contributed by atoms with Gasteiger partial charge in [0.05, 0.1) is 40.2 Å². The number of nitrogens with zero attached hydrogens (tertiary/aromatic N) is 2. The highest BCUT2D eigenvalue weighted by atomic mass is 35.5. The van der Waals surface area contributed by atoms with Gasteiger partial charge in [0.15, 0.2) is 0 Å². The highest BCUT2D eigenvalue weighted by Gasteiger charge is 2.30. The van der Waals surface area contributed by atoms with Crippen molar-refractivity contribution < 1.29 is 14.3 Å². The minimum atomic E-state index is 0.0112. The minimum absolute atomic E-state index is 0.0112. The summed E-state index contributed by atoms with van der Waals surface area (Å²) in [6.45, 7) is 4.74. The molecule has 1 amide bonds. The Bertz CT molecular complexity index is 982. The molecule has 2 atom stereocenters. The Labute approximate surface area is 204 Å². The summed E-state index contributed by atoms with van der Waals surface area (Å²) in [7, 11) is 1.73. The third kappa shape index (κ3) is 5.78. The lowest BCUT2D eigenvalue weighted by atomic mass is 9.99. The Hall–Kier alpha value is -1.90. The predicted molar refractivity (Wildman–Crippen MR) is 131 cm³/mol. The molecular formula is C24H30Cl2N4O3. The number of amides is 1. The van der Waals surface area contributed by atoms with E-state index in [1.54, 1.807) is 31.6 Å². The number of hydrogen-bond acceptors (Lipinski definition) is 6. The number of halogens is 2. The van der Waals surface area contributed by atoms with Crippen molar-refractivity contribution in [3.63, 3.8) is 0 Å². The Morgan fingerprint density at radius 2 is 1.97 bits per heavy atom. The fourth-order valence-corrected chi connectivity index (χ4v) is 4.75. The molecule has 33 heavy (non-hydrogen) atoms. The fourth-order valence-electron chi connectivity index (χ4n) is 4.45. The van der Waals surface area contributed by atoms with Gasteiger partial charge >= 0.3 is 0 Å². The van der Waals surface area contributed by atoms with Gasteiger partial charge in [-0.1, -0.05) is 23.2 Å². The lowest BCUT2D eigenvalue weighted by molar-refractivity contribution is -0.0533. The number of rotatable bonds is 6. The molecular weight excluding hydrogens is 463 g/mol. The average molecular weight is 493 g/mol. The zero-order chi connectivity index (χ0) is 23.4. The van der Waals surface area contributed by atoms with Gasteiger partial charge < -0.3 is 25.0 Å². The number of nitrogens with one attached hydrogen (secondary N) is 2. The van der Waals surface area contributed by atoms with Crippen LogP contribution in [-0.4, -0.2) is 67.4 Å². The zero-order valence-corrected chi connectivity index (χ0v) is 20.5. The van der Waals surface area contributed by atoms with E-state index < -0.39 is 0 Å². The third-order valence-electron chi connectivity index (χ3n) is 6.48. The maximum absolute atomic E-state index is 13.3. The molecule has 4 rings (SSSR count). The van der Waals surface area contributed by atoms with E-state index in [9.17, 15) is 4.79 Å². The number of benzene rings is 1. The van der Waals surface area contributed by atoms with Crippen molar-refractivity contribution in [1.82, 2.24) is 15.2 Å². The zero-order valence-electron chi connectivity index (χ0n) is 18.9. The Kier molecular flexibility index (Phi) is 8.09. The summed E-state index contributed by atoms with van der Waals surface area (Å²) >= 11 is 12.1. The molecule has 2 aliphatic rings. The van der Waals surface area contributed by atoms with E-state index in [4.69, 9.17) is 32.7 Å². The van der Waals surface area contributed by atoms with Crippen molar-refractivity contribution in [2.45, 2.75) is 44.4 Å². The molecule has 2 aromatic rings. The standard InChI is InChI=1S/C24H30Cl2N4O3/c1-15-18(12-27-13-22(15)29-17-3-4-19(25)20(26)11-17)24(31)30-8-5-16(6-9-30)28-21-7-10-33-14-23(21)32-2/h3-4,11-13,16,21,23,28-29H,5-10,14H2,1-2H3/t21-,23+/m0/s1. The van der Waals surface area contributed by atoms with E-state index in [0.717, 1.165) is 42.8 Å². The summed E-state index contributed by atoms with van der Waals surface area (Å²) in [5, 5.41) is 7.98. The second-order valence-corrected chi connectivity index (χ2v) is 9.41. The topological polar surface area (TPSA) is 75.7 Å². The smallest absolute Gasteiger partial charge is 0.255 e. The normalized spacial score (nSPS) is 21.8. The molecule has 2 aliphatic heterocycles. The molecule has 2 saturated heterocycles. The SMILES string of the molecule is CO[C@@H]1COCC[C@@H]1NC1CCN(C(=O)c2cncc(Nc3ccc(Cl)c(Cl)c3)c2C)CC1. The van der Waals surface area contributed by atoms with E-state index in [-0.39, 0.29) is 12.0 Å². The van der Waals surface area contributed by atoms with Crippen LogP contribution in [0.2, 0.25) is 10.0 Å². The summed E-state index contributed by atoms with van der Waals surface area (Å²) < 4.78 is 11.1. The van der Waals surface area contributed by atoms with Gasteiger partial charge in [-0.25, -0.2) is 0 Å². The lowest BCUT2D eigenvalue weighted by Crippen LogP contribution is -2.54. The van der Waals surface area contributed by atoms with Crippen molar-refractivity contribution in [3.05, 3.63) is 51.8 Å². The van der Waals surface area contributed by atoms with Gasteiger partial charge in [-0.05, 0) is 49.9 Å². The molecule has 0 bridgehead atoms. The second-order valence-electron chi connectivity index (χ2n) is 8.59. The number of carbonyl (C=O) groups excluding carboxylic acids is 1. The molecule has 3 heterocycles. The van der Waals surface area contributed by atoms with Crippen molar-refractivity contribution in [1.29, 1.82) is 0 Å².